The second-order valence-corrected chi connectivity index (χ2v) is 7.07. The van der Waals surface area contributed by atoms with E-state index in [0.29, 0.717) is 13.1 Å². The Morgan fingerprint density at radius 3 is 2.32 bits per heavy atom. The number of nitrogens with zero attached hydrogens (tertiary/aromatic N) is 1. The highest BCUT2D eigenvalue weighted by Crippen LogP contribution is 2.09. The topological polar surface area (TPSA) is 104 Å². The fourth-order valence-corrected chi connectivity index (χ4v) is 2.59. The van der Waals surface area contributed by atoms with Crippen LogP contribution in [0.1, 0.15) is 25.7 Å². The Balaban J connectivity index is 2.52. The van der Waals surface area contributed by atoms with Gasteiger partial charge in [0, 0.05) is 19.3 Å². The molecule has 19 heavy (non-hydrogen) atoms. The highest BCUT2D eigenvalue weighted by Gasteiger charge is 2.24. The Morgan fingerprint density at radius 1 is 1.26 bits per heavy atom. The summed E-state index contributed by atoms with van der Waals surface area (Å²) in [5.74, 6) is -1.47. The third kappa shape index (κ3) is 5.91. The van der Waals surface area contributed by atoms with Gasteiger partial charge in [-0.1, -0.05) is 0 Å². The van der Waals surface area contributed by atoms with Gasteiger partial charge in [0.15, 0.2) is 0 Å². The zero-order valence-corrected chi connectivity index (χ0v) is 11.8. The molecule has 0 radical (unpaired) electrons. The molecule has 1 rings (SSSR count). The lowest BCUT2D eigenvalue weighted by molar-refractivity contribution is -0.139. The zero-order chi connectivity index (χ0) is 14.5. The molecule has 0 aromatic carbocycles. The van der Waals surface area contributed by atoms with Gasteiger partial charge in [-0.05, 0) is 25.7 Å². The fourth-order valence-electron chi connectivity index (χ4n) is 1.93. The molecular formula is C11H20N2O5S. The molecule has 7 nitrogen and oxygen atoms in total. The molecule has 1 aliphatic rings. The second kappa shape index (κ2) is 6.74. The first-order valence-electron chi connectivity index (χ1n) is 6.25. The maximum absolute atomic E-state index is 11.8. The SMILES string of the molecule is CS(=O)(=O)CCC(NC(=O)N1CCCCC1)C(=O)O. The highest BCUT2D eigenvalue weighted by molar-refractivity contribution is 7.90. The number of nitrogens with one attached hydrogen (secondary N) is 1. The van der Waals surface area contributed by atoms with Crippen LogP contribution in [0, 0.1) is 0 Å². The zero-order valence-electron chi connectivity index (χ0n) is 11.0. The monoisotopic (exact) mass is 292 g/mol. The quantitative estimate of drug-likeness (QED) is 0.746. The van der Waals surface area contributed by atoms with E-state index < -0.39 is 27.9 Å². The van der Waals surface area contributed by atoms with E-state index in [9.17, 15) is 18.0 Å². The molecule has 2 amide bonds. The minimum atomic E-state index is -3.24. The van der Waals surface area contributed by atoms with Gasteiger partial charge in [0.25, 0.3) is 0 Å². The van der Waals surface area contributed by atoms with Crippen molar-refractivity contribution >= 4 is 21.8 Å². The van der Waals surface area contributed by atoms with Gasteiger partial charge in [-0.25, -0.2) is 18.0 Å². The van der Waals surface area contributed by atoms with Gasteiger partial charge in [-0.3, -0.25) is 0 Å². The van der Waals surface area contributed by atoms with Crippen molar-refractivity contribution in [3.8, 4) is 0 Å². The van der Waals surface area contributed by atoms with E-state index in [1.165, 1.54) is 0 Å². The molecule has 0 aliphatic carbocycles. The van der Waals surface area contributed by atoms with Crippen molar-refractivity contribution in [1.29, 1.82) is 0 Å². The van der Waals surface area contributed by atoms with Crippen LogP contribution in [0.2, 0.25) is 0 Å². The average Bonchev–Trinajstić information content (AvgIpc) is 2.33. The molecule has 1 atom stereocenters. The molecule has 0 spiro atoms. The van der Waals surface area contributed by atoms with Crippen LogP contribution in [0.5, 0.6) is 0 Å². The molecule has 1 saturated heterocycles. The van der Waals surface area contributed by atoms with Crippen molar-refractivity contribution in [2.45, 2.75) is 31.7 Å². The van der Waals surface area contributed by atoms with Crippen LogP contribution >= 0.6 is 0 Å². The summed E-state index contributed by atoms with van der Waals surface area (Å²) in [5.41, 5.74) is 0. The van der Waals surface area contributed by atoms with Crippen LogP contribution < -0.4 is 5.32 Å². The van der Waals surface area contributed by atoms with Crippen LogP contribution in [0.3, 0.4) is 0 Å². The molecule has 8 heteroatoms. The number of carbonyl (C=O) groups excluding carboxylic acids is 1. The summed E-state index contributed by atoms with van der Waals surface area (Å²) in [6, 6.07) is -1.59. The summed E-state index contributed by atoms with van der Waals surface area (Å²) in [5, 5.41) is 11.4. The maximum atomic E-state index is 11.8. The van der Waals surface area contributed by atoms with Crippen LogP contribution in [-0.2, 0) is 14.6 Å². The first-order valence-corrected chi connectivity index (χ1v) is 8.31. The molecule has 2 N–H and O–H groups in total. The first kappa shape index (κ1) is 15.7. The molecule has 0 aromatic heterocycles. The average molecular weight is 292 g/mol. The van der Waals surface area contributed by atoms with Gasteiger partial charge in [0.1, 0.15) is 15.9 Å². The number of carboxylic acids is 1. The molecule has 110 valence electrons. The summed E-state index contributed by atoms with van der Waals surface area (Å²) in [4.78, 5) is 24.4. The molecule has 0 saturated carbocycles. The maximum Gasteiger partial charge on any atom is 0.326 e. The molecular weight excluding hydrogens is 272 g/mol. The second-order valence-electron chi connectivity index (χ2n) is 4.81. The van der Waals surface area contributed by atoms with Crippen LogP contribution in [0.4, 0.5) is 4.79 Å². The van der Waals surface area contributed by atoms with Gasteiger partial charge < -0.3 is 15.3 Å². The van der Waals surface area contributed by atoms with E-state index in [1.807, 2.05) is 0 Å². The van der Waals surface area contributed by atoms with E-state index in [1.54, 1.807) is 4.90 Å². The van der Waals surface area contributed by atoms with E-state index in [-0.39, 0.29) is 12.2 Å². The predicted octanol–water partition coefficient (Wildman–Crippen LogP) is 0.0698. The van der Waals surface area contributed by atoms with Crippen molar-refractivity contribution in [3.63, 3.8) is 0 Å². The number of aliphatic carboxylic acids is 1. The Kier molecular flexibility index (Phi) is 5.59. The van der Waals surface area contributed by atoms with Crippen molar-refractivity contribution < 1.29 is 23.1 Å². The third-order valence-electron chi connectivity index (χ3n) is 3.02. The van der Waals surface area contributed by atoms with E-state index in [4.69, 9.17) is 5.11 Å². The van der Waals surface area contributed by atoms with Gasteiger partial charge in [0.2, 0.25) is 0 Å². The predicted molar refractivity (Wildman–Crippen MR) is 69.7 cm³/mol. The largest absolute Gasteiger partial charge is 0.480 e. The first-order chi connectivity index (χ1) is 8.79. The number of likely N-dealkylation sites (tertiary alicyclic amines) is 1. The number of carbonyl (C=O) groups is 2. The Labute approximate surface area is 112 Å². The van der Waals surface area contributed by atoms with E-state index in [0.717, 1.165) is 25.5 Å². The van der Waals surface area contributed by atoms with Gasteiger partial charge in [-0.15, -0.1) is 0 Å². The third-order valence-corrected chi connectivity index (χ3v) is 3.99. The molecule has 1 heterocycles. The molecule has 0 aromatic rings. The summed E-state index contributed by atoms with van der Waals surface area (Å²) in [6.45, 7) is 1.23. The standard InChI is InChI=1S/C11H20N2O5S/c1-19(17,18)8-5-9(10(14)15)12-11(16)13-6-3-2-4-7-13/h9H,2-8H2,1H3,(H,12,16)(H,14,15). The fraction of sp³-hybridized carbons (Fsp3) is 0.818. The minimum Gasteiger partial charge on any atom is -0.480 e. The van der Waals surface area contributed by atoms with E-state index >= 15 is 0 Å². The van der Waals surface area contributed by atoms with Gasteiger partial charge in [-0.2, -0.15) is 0 Å². The minimum absolute atomic E-state index is 0.117. The lowest BCUT2D eigenvalue weighted by atomic mass is 10.1. The smallest absolute Gasteiger partial charge is 0.326 e. The molecule has 1 aliphatic heterocycles. The number of piperidine rings is 1. The Bertz CT molecular complexity index is 428. The normalized spacial score (nSPS) is 17.8. The van der Waals surface area contributed by atoms with Crippen LogP contribution in [0.15, 0.2) is 0 Å². The van der Waals surface area contributed by atoms with Gasteiger partial charge >= 0.3 is 12.0 Å². The number of amides is 2. The summed E-state index contributed by atoms with van der Waals surface area (Å²) in [6.07, 6.45) is 3.81. The number of rotatable bonds is 5. The summed E-state index contributed by atoms with van der Waals surface area (Å²) >= 11 is 0. The van der Waals surface area contributed by atoms with Crippen molar-refractivity contribution in [1.82, 2.24) is 10.2 Å². The highest BCUT2D eigenvalue weighted by atomic mass is 32.2. The van der Waals surface area contributed by atoms with Crippen LogP contribution in [0.25, 0.3) is 0 Å². The number of sulfone groups is 1. The van der Waals surface area contributed by atoms with Gasteiger partial charge in [0.05, 0.1) is 5.75 Å². The summed E-state index contributed by atoms with van der Waals surface area (Å²) in [7, 11) is -3.24. The number of hydrogen-bond donors (Lipinski definition) is 2. The molecule has 0 bridgehead atoms. The number of urea groups is 1. The number of carboxylic acid groups (broad SMARTS) is 1. The Morgan fingerprint density at radius 2 is 1.84 bits per heavy atom. The lowest BCUT2D eigenvalue weighted by Crippen LogP contribution is -2.49. The van der Waals surface area contributed by atoms with Crippen molar-refractivity contribution in [2.24, 2.45) is 0 Å². The lowest BCUT2D eigenvalue weighted by Gasteiger charge is -2.28. The van der Waals surface area contributed by atoms with Crippen molar-refractivity contribution in [2.75, 3.05) is 25.1 Å². The summed E-state index contributed by atoms with van der Waals surface area (Å²) < 4.78 is 22.1. The number of hydrogen-bond acceptors (Lipinski definition) is 4. The van der Waals surface area contributed by atoms with Crippen LogP contribution in [-0.4, -0.2) is 61.6 Å². The molecule has 1 unspecified atom stereocenters. The Hall–Kier alpha value is -1.31. The van der Waals surface area contributed by atoms with E-state index in [2.05, 4.69) is 5.32 Å². The molecule has 1 fully saturated rings. The van der Waals surface area contributed by atoms with Crippen molar-refractivity contribution in [3.05, 3.63) is 0 Å².